The van der Waals surface area contributed by atoms with E-state index in [0.29, 0.717) is 22.3 Å². The molecule has 0 atom stereocenters. The number of carbonyl (C=O) groups is 6. The Labute approximate surface area is 506 Å². The van der Waals surface area contributed by atoms with Crippen molar-refractivity contribution >= 4 is 102 Å². The summed E-state index contributed by atoms with van der Waals surface area (Å²) in [4.78, 5) is 113. The lowest BCUT2D eigenvalue weighted by Crippen LogP contribution is -2.47. The monoisotopic (exact) mass is 1210 g/mol. The molecular formula is C62H40N10O10S4. The predicted molar refractivity (Wildman–Crippen MR) is 316 cm³/mol. The lowest BCUT2D eigenvalue weighted by Gasteiger charge is -2.28. The van der Waals surface area contributed by atoms with Gasteiger partial charge in [0.05, 0.1) is 21.1 Å². The number of amides is 2. The number of nitriles is 4. The molecule has 4 heterocycles. The quantitative estimate of drug-likeness (QED) is 0.0376. The van der Waals surface area contributed by atoms with Gasteiger partial charge in [-0.25, -0.2) is 20.0 Å². The predicted octanol–water partition coefficient (Wildman–Crippen LogP) is 9.87. The van der Waals surface area contributed by atoms with Crippen molar-refractivity contribution in [3.8, 4) is 45.2 Å². The highest BCUT2D eigenvalue weighted by atomic mass is 32.2. The number of rotatable bonds is 16. The maximum Gasteiger partial charge on any atom is 0.334 e. The summed E-state index contributed by atoms with van der Waals surface area (Å²) in [5.41, 5.74) is -4.13. The summed E-state index contributed by atoms with van der Waals surface area (Å²) in [6.07, 6.45) is 0. The highest BCUT2D eigenvalue weighted by Gasteiger charge is 2.65. The first-order chi connectivity index (χ1) is 41.8. The van der Waals surface area contributed by atoms with Crippen molar-refractivity contribution in [3.05, 3.63) is 199 Å². The first kappa shape index (κ1) is 57.5. The van der Waals surface area contributed by atoms with Gasteiger partial charge in [-0.15, -0.1) is 0 Å². The Bertz CT molecular complexity index is 3890. The maximum absolute atomic E-state index is 15.7. The fourth-order valence-corrected chi connectivity index (χ4v) is 14.3. The minimum absolute atomic E-state index is 0.0464. The van der Waals surface area contributed by atoms with Gasteiger partial charge >= 0.3 is 23.9 Å². The second-order valence-electron chi connectivity index (χ2n) is 19.0. The van der Waals surface area contributed by atoms with Crippen LogP contribution in [-0.2, 0) is 85.0 Å². The van der Waals surface area contributed by atoms with Crippen molar-refractivity contribution in [2.24, 2.45) is 9.98 Å². The van der Waals surface area contributed by atoms with Crippen LogP contribution in [0.3, 0.4) is 0 Å². The zero-order chi connectivity index (χ0) is 60.3. The minimum atomic E-state index is -2.63. The molecule has 0 saturated carbocycles. The van der Waals surface area contributed by atoms with Gasteiger partial charge < -0.3 is 18.9 Å². The first-order valence-corrected chi connectivity index (χ1v) is 29.4. The smallest absolute Gasteiger partial charge is 0.334 e. The van der Waals surface area contributed by atoms with Crippen LogP contribution in [0.4, 0.5) is 10.3 Å². The molecule has 2 aromatic heterocycles. The third-order valence-electron chi connectivity index (χ3n) is 14.1. The number of aliphatic imine (C=N–C) groups is 2. The molecule has 2 aliphatic carbocycles. The Balaban J connectivity index is 1.17. The van der Waals surface area contributed by atoms with Crippen molar-refractivity contribution < 1.29 is 47.7 Å². The van der Waals surface area contributed by atoms with Crippen LogP contribution in [0.5, 0.6) is 0 Å². The van der Waals surface area contributed by atoms with Gasteiger partial charge in [0.15, 0.2) is 21.2 Å². The van der Waals surface area contributed by atoms with Crippen molar-refractivity contribution in [1.29, 1.82) is 21.0 Å². The highest BCUT2D eigenvalue weighted by Crippen LogP contribution is 2.61. The second-order valence-corrected chi connectivity index (χ2v) is 22.9. The Morgan fingerprint density at radius 1 is 0.488 bits per heavy atom. The lowest BCUT2D eigenvalue weighted by atomic mass is 9.76. The van der Waals surface area contributed by atoms with Gasteiger partial charge in [-0.2, -0.15) is 21.0 Å². The molecule has 86 heavy (non-hydrogen) atoms. The number of fused-ring (bicyclic) bond motifs is 6. The minimum Gasteiger partial charge on any atom is -0.459 e. The molecular weight excluding hydrogens is 1170 g/mol. The third kappa shape index (κ3) is 9.95. The van der Waals surface area contributed by atoms with E-state index in [9.17, 15) is 30.6 Å². The van der Waals surface area contributed by atoms with Crippen molar-refractivity contribution in [3.63, 3.8) is 0 Å². The summed E-state index contributed by atoms with van der Waals surface area (Å²) in [5, 5.41) is 38.7. The van der Waals surface area contributed by atoms with Crippen LogP contribution in [-0.4, -0.2) is 78.6 Å². The van der Waals surface area contributed by atoms with E-state index in [4.69, 9.17) is 28.9 Å². The normalized spacial score (nSPS) is 15.6. The van der Waals surface area contributed by atoms with Gasteiger partial charge in [0.1, 0.15) is 60.8 Å². The molecule has 0 N–H and O–H groups in total. The van der Waals surface area contributed by atoms with Crippen molar-refractivity contribution in [1.82, 2.24) is 19.8 Å². The number of hydrogen-bond acceptors (Lipinski definition) is 22. The van der Waals surface area contributed by atoms with Gasteiger partial charge in [0.2, 0.25) is 21.1 Å². The molecule has 0 spiro atoms. The molecule has 7 aromatic rings. The lowest BCUT2D eigenvalue weighted by molar-refractivity contribution is -0.166. The molecule has 0 radical (unpaired) electrons. The molecule has 422 valence electrons. The Morgan fingerprint density at radius 3 is 1.05 bits per heavy atom. The summed E-state index contributed by atoms with van der Waals surface area (Å²) in [7, 11) is 0. The molecule has 2 amide bonds. The van der Waals surface area contributed by atoms with E-state index in [1.807, 2.05) is 24.3 Å². The van der Waals surface area contributed by atoms with Gasteiger partial charge in [-0.05, 0) is 94.0 Å². The Morgan fingerprint density at radius 2 is 0.779 bits per heavy atom. The van der Waals surface area contributed by atoms with Gasteiger partial charge in [0, 0.05) is 13.1 Å². The number of hydrogen-bond donors (Lipinski definition) is 0. The zero-order valence-corrected chi connectivity index (χ0v) is 48.4. The van der Waals surface area contributed by atoms with E-state index < -0.39 is 46.5 Å². The molecule has 0 bridgehead atoms. The molecule has 2 saturated heterocycles. The fraction of sp³-hybridized carbons (Fsp3) is 0.161. The number of thiazole rings is 2. The van der Waals surface area contributed by atoms with E-state index in [1.165, 1.54) is 21.9 Å². The number of carbonyl (C=O) groups excluding carboxylic acids is 6. The maximum atomic E-state index is 15.7. The first-order valence-electron chi connectivity index (χ1n) is 26.2. The van der Waals surface area contributed by atoms with Gasteiger partial charge in [-0.3, -0.25) is 38.6 Å². The van der Waals surface area contributed by atoms with E-state index in [1.54, 1.807) is 135 Å². The fourth-order valence-electron chi connectivity index (χ4n) is 10.1. The van der Waals surface area contributed by atoms with Crippen LogP contribution < -0.4 is 0 Å². The molecule has 11 rings (SSSR count). The second kappa shape index (κ2) is 24.1. The number of aromatic nitrogens is 2. The largest absolute Gasteiger partial charge is 0.459 e. The standard InChI is InChI=1S/C62H40N10O10S4/c1-3-71-51(73)49(85-53(71)39(27-63)28-64)69-59-67-47-45(83-59)41-25-44-42(26-43(41)61(47,55(75)79-31-35-17-9-5-10-18-35)56(76)80-32-36-19-11-6-12-20-36)46-48(68-60(84-46)70-50-52(74)72(4-2)54(86-50)40(29-65)30-66)62(44,57(77)81-33-37-21-13-7-14-22-37)58(78)82-34-38-23-15-8-16-24-38/h5-26H,3-4,31-34H2,1-2H3/b69-49-,70-50-. The van der Waals surface area contributed by atoms with Crippen LogP contribution in [0, 0.1) is 45.3 Å². The Hall–Kier alpha value is -10.3. The summed E-state index contributed by atoms with van der Waals surface area (Å²) in [6, 6.07) is 45.0. The molecule has 5 aromatic carbocycles. The number of benzene rings is 5. The van der Waals surface area contributed by atoms with Crippen LogP contribution in [0.2, 0.25) is 0 Å². The SMILES string of the molecule is CCN1C(=O)/C(=N/c2nc3c(s2)-c2cc4c(cc2C3(C(=O)OCc2ccccc2)C(=O)OCc2ccccc2)-c2sc(/N=C3\SC(=C(C#N)C#N)N(CC)C3=O)nc2C4(C(=O)OCc2ccccc2)C(=O)OCc2ccccc2)SC1=C(C#N)C#N. The number of nitrogens with zero attached hydrogens (tertiary/aromatic N) is 10. The van der Waals surface area contributed by atoms with Crippen LogP contribution >= 0.6 is 46.2 Å². The molecule has 2 fully saturated rings. The van der Waals surface area contributed by atoms with E-state index in [2.05, 4.69) is 9.98 Å². The average molecular weight is 1210 g/mol. The van der Waals surface area contributed by atoms with Crippen molar-refractivity contribution in [2.75, 3.05) is 13.1 Å². The molecule has 20 nitrogen and oxygen atoms in total. The number of ether oxygens (including phenoxy) is 4. The summed E-state index contributed by atoms with van der Waals surface area (Å²) >= 11 is 3.24. The van der Waals surface area contributed by atoms with Crippen LogP contribution in [0.15, 0.2) is 165 Å². The van der Waals surface area contributed by atoms with Gasteiger partial charge in [-0.1, -0.05) is 144 Å². The van der Waals surface area contributed by atoms with Crippen LogP contribution in [0.1, 0.15) is 58.6 Å². The zero-order valence-electron chi connectivity index (χ0n) is 45.1. The average Bonchev–Trinajstić information content (AvgIpc) is 1.52. The Kier molecular flexibility index (Phi) is 16.1. The van der Waals surface area contributed by atoms with Crippen molar-refractivity contribution in [2.45, 2.75) is 51.1 Å². The number of allylic oxidation sites excluding steroid dienone is 2. The van der Waals surface area contributed by atoms with E-state index in [-0.39, 0.29) is 124 Å². The number of thioether (sulfide) groups is 2. The van der Waals surface area contributed by atoms with Gasteiger partial charge in [0.25, 0.3) is 11.8 Å². The summed E-state index contributed by atoms with van der Waals surface area (Å²) in [6.45, 7) is 2.10. The van der Waals surface area contributed by atoms with E-state index in [0.717, 1.165) is 46.2 Å². The van der Waals surface area contributed by atoms with Crippen LogP contribution in [0.25, 0.3) is 20.9 Å². The highest BCUT2D eigenvalue weighted by molar-refractivity contribution is 8.20. The molecule has 0 unspecified atom stereocenters. The molecule has 4 aliphatic rings. The molecule has 24 heteroatoms. The third-order valence-corrected chi connectivity index (χ3v) is 18.2. The summed E-state index contributed by atoms with van der Waals surface area (Å²) in [5.74, 6) is -5.89. The van der Waals surface area contributed by atoms with E-state index >= 15 is 19.2 Å². The number of esters is 4. The molecule has 2 aliphatic heterocycles. The topological polar surface area (TPSA) is 291 Å². The summed E-state index contributed by atoms with van der Waals surface area (Å²) < 4.78 is 24.6.